The molecule has 1 nitrogen and oxygen atoms in total. The first-order valence-corrected chi connectivity index (χ1v) is 5.12. The predicted molar refractivity (Wildman–Crippen MR) is 50.1 cm³/mol. The maximum Gasteiger partial charge on any atom is 0.395 e. The van der Waals surface area contributed by atoms with Crippen molar-refractivity contribution in [3.63, 3.8) is 0 Å². The van der Waals surface area contributed by atoms with Gasteiger partial charge >= 0.3 is 6.18 Å². The Bertz CT molecular complexity index is 180. The highest BCUT2D eigenvalue weighted by molar-refractivity contribution is 4.82. The van der Waals surface area contributed by atoms with E-state index in [1.165, 1.54) is 13.8 Å². The van der Waals surface area contributed by atoms with Gasteiger partial charge in [-0.3, -0.25) is 0 Å². The molecule has 0 radical (unpaired) electrons. The summed E-state index contributed by atoms with van der Waals surface area (Å²) in [5.41, 5.74) is -1.58. The van der Waals surface area contributed by atoms with Gasteiger partial charge in [0.05, 0.1) is 5.41 Å². The Morgan fingerprint density at radius 1 is 1.00 bits per heavy atom. The summed E-state index contributed by atoms with van der Waals surface area (Å²) in [5, 5.41) is 0. The van der Waals surface area contributed by atoms with Gasteiger partial charge in [0, 0.05) is 6.54 Å². The van der Waals surface area contributed by atoms with Crippen LogP contribution in [0, 0.1) is 5.41 Å². The number of hydrogen-bond donors (Lipinski definition) is 0. The largest absolute Gasteiger partial charge is 0.395 e. The molecule has 1 aliphatic heterocycles. The van der Waals surface area contributed by atoms with Gasteiger partial charge in [-0.05, 0) is 39.8 Å². The normalized spacial score (nSPS) is 21.2. The minimum Gasteiger partial charge on any atom is -0.302 e. The Hall–Kier alpha value is -0.250. The van der Waals surface area contributed by atoms with Crippen LogP contribution in [0.5, 0.6) is 0 Å². The van der Waals surface area contributed by atoms with Crippen molar-refractivity contribution < 1.29 is 13.2 Å². The van der Waals surface area contributed by atoms with E-state index in [2.05, 4.69) is 0 Å². The standard InChI is InChI=1S/C10H18F3N/c1-9(2,10(11,12)13)8-14-6-4-3-5-7-14/h3-8H2,1-2H3. The molecule has 0 unspecified atom stereocenters. The zero-order chi connectivity index (χ0) is 10.8. The van der Waals surface area contributed by atoms with Crippen molar-refractivity contribution in [2.45, 2.75) is 39.3 Å². The molecule has 84 valence electrons. The van der Waals surface area contributed by atoms with Crippen molar-refractivity contribution in [3.05, 3.63) is 0 Å². The highest BCUT2D eigenvalue weighted by Gasteiger charge is 2.47. The lowest BCUT2D eigenvalue weighted by Gasteiger charge is -2.36. The smallest absolute Gasteiger partial charge is 0.302 e. The lowest BCUT2D eigenvalue weighted by Crippen LogP contribution is -2.45. The Kier molecular flexibility index (Phi) is 3.45. The second kappa shape index (κ2) is 4.09. The third kappa shape index (κ3) is 2.87. The van der Waals surface area contributed by atoms with Gasteiger partial charge in [0.2, 0.25) is 0 Å². The molecule has 0 saturated carbocycles. The molecule has 1 rings (SSSR count). The summed E-state index contributed by atoms with van der Waals surface area (Å²) in [5.74, 6) is 0. The second-order valence-corrected chi connectivity index (χ2v) is 4.72. The summed E-state index contributed by atoms with van der Waals surface area (Å²) in [7, 11) is 0. The molecule has 4 heteroatoms. The third-order valence-corrected chi connectivity index (χ3v) is 2.83. The van der Waals surface area contributed by atoms with Gasteiger partial charge in [-0.25, -0.2) is 0 Å². The molecule has 0 aromatic rings. The molecule has 0 atom stereocenters. The minimum atomic E-state index is -4.09. The molecule has 0 N–H and O–H groups in total. The van der Waals surface area contributed by atoms with Crippen LogP contribution in [0.4, 0.5) is 13.2 Å². The molecule has 1 heterocycles. The molecular weight excluding hydrogens is 191 g/mol. The lowest BCUT2D eigenvalue weighted by molar-refractivity contribution is -0.217. The fraction of sp³-hybridized carbons (Fsp3) is 1.00. The molecular formula is C10H18F3N. The summed E-state index contributed by atoms with van der Waals surface area (Å²) in [4.78, 5) is 1.93. The van der Waals surface area contributed by atoms with E-state index in [0.29, 0.717) is 0 Å². The van der Waals surface area contributed by atoms with Gasteiger partial charge in [0.25, 0.3) is 0 Å². The van der Waals surface area contributed by atoms with E-state index in [1.807, 2.05) is 4.90 Å². The zero-order valence-electron chi connectivity index (χ0n) is 8.82. The van der Waals surface area contributed by atoms with E-state index in [-0.39, 0.29) is 6.54 Å². The summed E-state index contributed by atoms with van der Waals surface area (Å²) in [6, 6.07) is 0. The van der Waals surface area contributed by atoms with Crippen LogP contribution in [-0.2, 0) is 0 Å². The first kappa shape index (κ1) is 11.8. The van der Waals surface area contributed by atoms with Crippen molar-refractivity contribution in [2.75, 3.05) is 19.6 Å². The monoisotopic (exact) mass is 209 g/mol. The van der Waals surface area contributed by atoms with Crippen LogP contribution in [0.15, 0.2) is 0 Å². The molecule has 1 saturated heterocycles. The average molecular weight is 209 g/mol. The molecule has 1 aliphatic rings. The van der Waals surface area contributed by atoms with E-state index < -0.39 is 11.6 Å². The zero-order valence-corrected chi connectivity index (χ0v) is 8.82. The Morgan fingerprint density at radius 3 is 1.93 bits per heavy atom. The first-order valence-electron chi connectivity index (χ1n) is 5.12. The van der Waals surface area contributed by atoms with Crippen LogP contribution in [0.2, 0.25) is 0 Å². The topological polar surface area (TPSA) is 3.24 Å². The molecule has 0 bridgehead atoms. The summed E-state index contributed by atoms with van der Waals surface area (Å²) in [6.07, 6.45) is -0.866. The maximum absolute atomic E-state index is 12.6. The predicted octanol–water partition coefficient (Wildman–Crippen LogP) is 3.06. The number of piperidine rings is 1. The van der Waals surface area contributed by atoms with Crippen LogP contribution in [-0.4, -0.2) is 30.7 Å². The first-order chi connectivity index (χ1) is 6.33. The molecule has 0 amide bonds. The van der Waals surface area contributed by atoms with Gasteiger partial charge in [-0.2, -0.15) is 13.2 Å². The fourth-order valence-corrected chi connectivity index (χ4v) is 1.77. The molecule has 0 aromatic heterocycles. The Morgan fingerprint density at radius 2 is 1.50 bits per heavy atom. The van der Waals surface area contributed by atoms with Crippen LogP contribution >= 0.6 is 0 Å². The number of likely N-dealkylation sites (tertiary alicyclic amines) is 1. The quantitative estimate of drug-likeness (QED) is 0.675. The summed E-state index contributed by atoms with van der Waals surface area (Å²) < 4.78 is 37.7. The minimum absolute atomic E-state index is 0.135. The van der Waals surface area contributed by atoms with E-state index in [9.17, 15) is 13.2 Å². The lowest BCUT2D eigenvalue weighted by atomic mass is 9.91. The SMILES string of the molecule is CC(C)(CN1CCCCC1)C(F)(F)F. The van der Waals surface area contributed by atoms with E-state index >= 15 is 0 Å². The summed E-state index contributed by atoms with van der Waals surface area (Å²) in [6.45, 7) is 4.33. The van der Waals surface area contributed by atoms with Gasteiger partial charge < -0.3 is 4.90 Å². The molecule has 1 fully saturated rings. The molecule has 0 spiro atoms. The van der Waals surface area contributed by atoms with E-state index in [0.717, 1.165) is 32.4 Å². The number of rotatable bonds is 2. The second-order valence-electron chi connectivity index (χ2n) is 4.72. The van der Waals surface area contributed by atoms with Crippen LogP contribution < -0.4 is 0 Å². The maximum atomic E-state index is 12.6. The van der Waals surface area contributed by atoms with E-state index in [4.69, 9.17) is 0 Å². The highest BCUT2D eigenvalue weighted by atomic mass is 19.4. The van der Waals surface area contributed by atoms with Crippen LogP contribution in [0.25, 0.3) is 0 Å². The van der Waals surface area contributed by atoms with Crippen molar-refractivity contribution in [1.82, 2.24) is 4.90 Å². The van der Waals surface area contributed by atoms with Crippen molar-refractivity contribution in [1.29, 1.82) is 0 Å². The third-order valence-electron chi connectivity index (χ3n) is 2.83. The Balaban J connectivity index is 2.49. The van der Waals surface area contributed by atoms with Crippen molar-refractivity contribution >= 4 is 0 Å². The van der Waals surface area contributed by atoms with Gasteiger partial charge in [-0.1, -0.05) is 6.42 Å². The van der Waals surface area contributed by atoms with Crippen LogP contribution in [0.1, 0.15) is 33.1 Å². The van der Waals surface area contributed by atoms with Gasteiger partial charge in [0.15, 0.2) is 0 Å². The molecule has 14 heavy (non-hydrogen) atoms. The Labute approximate surface area is 83.3 Å². The number of hydrogen-bond acceptors (Lipinski definition) is 1. The highest BCUT2D eigenvalue weighted by Crippen LogP contribution is 2.38. The van der Waals surface area contributed by atoms with Gasteiger partial charge in [0.1, 0.15) is 0 Å². The molecule has 0 aliphatic carbocycles. The van der Waals surface area contributed by atoms with E-state index in [1.54, 1.807) is 0 Å². The van der Waals surface area contributed by atoms with Gasteiger partial charge in [-0.15, -0.1) is 0 Å². The fourth-order valence-electron chi connectivity index (χ4n) is 1.77. The molecule has 0 aromatic carbocycles. The van der Waals surface area contributed by atoms with Crippen molar-refractivity contribution in [3.8, 4) is 0 Å². The van der Waals surface area contributed by atoms with Crippen molar-refractivity contribution in [2.24, 2.45) is 5.41 Å². The number of halogens is 3. The number of nitrogens with zero attached hydrogens (tertiary/aromatic N) is 1. The summed E-state index contributed by atoms with van der Waals surface area (Å²) >= 11 is 0. The number of alkyl halides is 3. The average Bonchev–Trinajstić information content (AvgIpc) is 2.03. The van der Waals surface area contributed by atoms with Crippen LogP contribution in [0.3, 0.4) is 0 Å².